The Morgan fingerprint density at radius 2 is 2.21 bits per heavy atom. The first kappa shape index (κ1) is 11.0. The summed E-state index contributed by atoms with van der Waals surface area (Å²) < 4.78 is 0. The van der Waals surface area contributed by atoms with Gasteiger partial charge in [0.1, 0.15) is 5.75 Å². The van der Waals surface area contributed by atoms with E-state index in [9.17, 15) is 5.11 Å². The fourth-order valence-electron chi connectivity index (χ4n) is 0.954. The SMILES string of the molecule is OCCCN=Cc1cc(Cl)ccc1O. The molecule has 76 valence electrons. The molecule has 4 heteroatoms. The topological polar surface area (TPSA) is 52.8 Å². The van der Waals surface area contributed by atoms with Crippen molar-refractivity contribution in [2.24, 2.45) is 4.99 Å². The molecule has 0 atom stereocenters. The van der Waals surface area contributed by atoms with Crippen LogP contribution in [0.25, 0.3) is 0 Å². The second-order valence-electron chi connectivity index (χ2n) is 2.82. The number of hydrogen-bond acceptors (Lipinski definition) is 3. The molecule has 0 aliphatic heterocycles. The Bertz CT molecular complexity index is 326. The van der Waals surface area contributed by atoms with Crippen LogP contribution in [0.4, 0.5) is 0 Å². The summed E-state index contributed by atoms with van der Waals surface area (Å²) in [7, 11) is 0. The van der Waals surface area contributed by atoms with Crippen molar-refractivity contribution in [3.63, 3.8) is 0 Å². The smallest absolute Gasteiger partial charge is 0.124 e. The second-order valence-corrected chi connectivity index (χ2v) is 3.25. The van der Waals surface area contributed by atoms with E-state index in [1.165, 1.54) is 6.07 Å². The number of hydrogen-bond donors (Lipinski definition) is 2. The Morgan fingerprint density at radius 1 is 1.43 bits per heavy atom. The zero-order chi connectivity index (χ0) is 10.4. The van der Waals surface area contributed by atoms with Crippen LogP contribution in [0.15, 0.2) is 23.2 Å². The van der Waals surface area contributed by atoms with E-state index in [2.05, 4.69) is 4.99 Å². The van der Waals surface area contributed by atoms with Crippen LogP contribution in [0.5, 0.6) is 5.75 Å². The Labute approximate surface area is 87.7 Å². The average molecular weight is 214 g/mol. The molecule has 0 amide bonds. The predicted octanol–water partition coefficient (Wildman–Crippen LogP) is 1.85. The molecule has 1 aromatic rings. The molecule has 0 aliphatic rings. The molecule has 1 rings (SSSR count). The van der Waals surface area contributed by atoms with Gasteiger partial charge in [-0.05, 0) is 24.6 Å². The van der Waals surface area contributed by atoms with Crippen LogP contribution in [0.2, 0.25) is 5.02 Å². The minimum Gasteiger partial charge on any atom is -0.507 e. The molecule has 1 aromatic carbocycles. The number of aliphatic hydroxyl groups excluding tert-OH is 1. The Kier molecular flexibility index (Phi) is 4.43. The van der Waals surface area contributed by atoms with Crippen molar-refractivity contribution < 1.29 is 10.2 Å². The molecular formula is C10H12ClNO2. The van der Waals surface area contributed by atoms with E-state index in [1.54, 1.807) is 18.3 Å². The molecule has 3 nitrogen and oxygen atoms in total. The summed E-state index contributed by atoms with van der Waals surface area (Å²) in [5.41, 5.74) is 0.593. The van der Waals surface area contributed by atoms with Gasteiger partial charge in [-0.2, -0.15) is 0 Å². The van der Waals surface area contributed by atoms with Gasteiger partial charge < -0.3 is 10.2 Å². The number of phenols is 1. The third-order valence-corrected chi connectivity index (χ3v) is 1.90. The Balaban J connectivity index is 2.65. The van der Waals surface area contributed by atoms with Gasteiger partial charge in [-0.15, -0.1) is 0 Å². The average Bonchev–Trinajstić information content (AvgIpc) is 2.18. The summed E-state index contributed by atoms with van der Waals surface area (Å²) in [6.07, 6.45) is 2.18. The van der Waals surface area contributed by atoms with Crippen molar-refractivity contribution in [2.45, 2.75) is 6.42 Å². The molecule has 0 saturated heterocycles. The van der Waals surface area contributed by atoms with Crippen molar-refractivity contribution in [2.75, 3.05) is 13.2 Å². The number of phenolic OH excluding ortho intramolecular Hbond substituents is 1. The molecule has 0 radical (unpaired) electrons. The zero-order valence-corrected chi connectivity index (χ0v) is 8.41. The zero-order valence-electron chi connectivity index (χ0n) is 7.65. The van der Waals surface area contributed by atoms with Gasteiger partial charge in [-0.1, -0.05) is 11.6 Å². The molecule has 14 heavy (non-hydrogen) atoms. The third kappa shape index (κ3) is 3.36. The summed E-state index contributed by atoms with van der Waals surface area (Å²) in [5, 5.41) is 18.5. The van der Waals surface area contributed by atoms with Crippen molar-refractivity contribution in [1.29, 1.82) is 0 Å². The van der Waals surface area contributed by atoms with E-state index >= 15 is 0 Å². The number of halogens is 1. The maximum Gasteiger partial charge on any atom is 0.124 e. The fourth-order valence-corrected chi connectivity index (χ4v) is 1.13. The van der Waals surface area contributed by atoms with Gasteiger partial charge in [0.15, 0.2) is 0 Å². The van der Waals surface area contributed by atoms with E-state index < -0.39 is 0 Å². The highest BCUT2D eigenvalue weighted by Crippen LogP contribution is 2.19. The van der Waals surface area contributed by atoms with Gasteiger partial charge in [0, 0.05) is 30.0 Å². The van der Waals surface area contributed by atoms with Gasteiger partial charge in [-0.3, -0.25) is 4.99 Å². The van der Waals surface area contributed by atoms with Crippen molar-refractivity contribution in [3.05, 3.63) is 28.8 Å². The van der Waals surface area contributed by atoms with Crippen molar-refractivity contribution >= 4 is 17.8 Å². The van der Waals surface area contributed by atoms with Crippen LogP contribution in [0.1, 0.15) is 12.0 Å². The van der Waals surface area contributed by atoms with Crippen LogP contribution in [-0.4, -0.2) is 29.6 Å². The molecule has 0 aromatic heterocycles. The standard InChI is InChI=1S/C10H12ClNO2/c11-9-2-3-10(14)8(6-9)7-12-4-1-5-13/h2-3,6-7,13-14H,1,4-5H2. The molecule has 0 unspecified atom stereocenters. The first-order valence-electron chi connectivity index (χ1n) is 4.33. The second kappa shape index (κ2) is 5.62. The highest BCUT2D eigenvalue weighted by molar-refractivity contribution is 6.30. The summed E-state index contributed by atoms with van der Waals surface area (Å²) >= 11 is 5.74. The third-order valence-electron chi connectivity index (χ3n) is 1.67. The van der Waals surface area contributed by atoms with Gasteiger partial charge in [0.25, 0.3) is 0 Å². The van der Waals surface area contributed by atoms with Crippen molar-refractivity contribution in [1.82, 2.24) is 0 Å². The lowest BCUT2D eigenvalue weighted by Crippen LogP contribution is -1.89. The molecule has 0 aliphatic carbocycles. The number of nitrogens with zero attached hydrogens (tertiary/aromatic N) is 1. The quantitative estimate of drug-likeness (QED) is 0.593. The highest BCUT2D eigenvalue weighted by Gasteiger charge is 1.97. The monoisotopic (exact) mass is 213 g/mol. The van der Waals surface area contributed by atoms with Gasteiger partial charge in [-0.25, -0.2) is 0 Å². The number of aliphatic imine (C=N–C) groups is 1. The molecular weight excluding hydrogens is 202 g/mol. The summed E-state index contributed by atoms with van der Waals surface area (Å²) in [5.74, 6) is 0.155. The summed E-state index contributed by atoms with van der Waals surface area (Å²) in [6, 6.07) is 4.77. The molecule has 0 bridgehead atoms. The molecule has 0 fully saturated rings. The van der Waals surface area contributed by atoms with Gasteiger partial charge in [0.05, 0.1) is 0 Å². The van der Waals surface area contributed by atoms with Crippen LogP contribution in [0.3, 0.4) is 0 Å². The summed E-state index contributed by atoms with van der Waals surface area (Å²) in [4.78, 5) is 4.03. The van der Waals surface area contributed by atoms with E-state index in [4.69, 9.17) is 16.7 Å². The summed E-state index contributed by atoms with van der Waals surface area (Å²) in [6.45, 7) is 0.668. The number of benzene rings is 1. The largest absolute Gasteiger partial charge is 0.507 e. The lowest BCUT2D eigenvalue weighted by atomic mass is 10.2. The first-order valence-corrected chi connectivity index (χ1v) is 4.71. The molecule has 0 saturated carbocycles. The predicted molar refractivity (Wildman–Crippen MR) is 57.3 cm³/mol. The van der Waals surface area contributed by atoms with Crippen LogP contribution in [-0.2, 0) is 0 Å². The Hall–Kier alpha value is -1.06. The molecule has 2 N–H and O–H groups in total. The molecule has 0 spiro atoms. The Morgan fingerprint density at radius 3 is 2.93 bits per heavy atom. The minimum absolute atomic E-state index is 0.124. The van der Waals surface area contributed by atoms with Gasteiger partial charge >= 0.3 is 0 Å². The van der Waals surface area contributed by atoms with Crippen LogP contribution < -0.4 is 0 Å². The van der Waals surface area contributed by atoms with Crippen molar-refractivity contribution in [3.8, 4) is 5.75 Å². The van der Waals surface area contributed by atoms with Crippen LogP contribution >= 0.6 is 11.6 Å². The normalized spacial score (nSPS) is 11.0. The number of rotatable bonds is 4. The highest BCUT2D eigenvalue weighted by atomic mass is 35.5. The lowest BCUT2D eigenvalue weighted by Gasteiger charge is -1.98. The minimum atomic E-state index is 0.124. The maximum absolute atomic E-state index is 9.39. The van der Waals surface area contributed by atoms with E-state index in [-0.39, 0.29) is 12.4 Å². The molecule has 0 heterocycles. The van der Waals surface area contributed by atoms with E-state index in [0.717, 1.165) is 0 Å². The van der Waals surface area contributed by atoms with E-state index in [0.29, 0.717) is 23.6 Å². The number of aliphatic hydroxyl groups is 1. The lowest BCUT2D eigenvalue weighted by molar-refractivity contribution is 0.291. The fraction of sp³-hybridized carbons (Fsp3) is 0.300. The number of aromatic hydroxyl groups is 1. The van der Waals surface area contributed by atoms with E-state index in [1.807, 2.05) is 0 Å². The first-order chi connectivity index (χ1) is 6.74. The van der Waals surface area contributed by atoms with Crippen LogP contribution in [0, 0.1) is 0 Å². The van der Waals surface area contributed by atoms with Gasteiger partial charge in [0.2, 0.25) is 0 Å². The maximum atomic E-state index is 9.39.